The summed E-state index contributed by atoms with van der Waals surface area (Å²) in [5.41, 5.74) is 2.94. The van der Waals surface area contributed by atoms with E-state index in [0.29, 0.717) is 11.5 Å². The van der Waals surface area contributed by atoms with Crippen LogP contribution in [0, 0.1) is 6.92 Å². The van der Waals surface area contributed by atoms with Gasteiger partial charge in [-0.15, -0.1) is 10.2 Å². The molecule has 3 heterocycles. The van der Waals surface area contributed by atoms with Crippen LogP contribution in [0.5, 0.6) is 0 Å². The predicted octanol–water partition coefficient (Wildman–Crippen LogP) is 4.89. The molecular weight excluding hydrogens is 440 g/mol. The Hall–Kier alpha value is -2.68. The number of nitrogens with zero attached hydrogens (tertiary/aromatic N) is 3. The molecule has 1 N–H and O–H groups in total. The van der Waals surface area contributed by atoms with E-state index in [1.54, 1.807) is 23.1 Å². The number of hydrogen-bond donors (Lipinski definition) is 1. The van der Waals surface area contributed by atoms with Crippen LogP contribution in [0.4, 0.5) is 0 Å². The molecule has 164 valence electrons. The van der Waals surface area contributed by atoms with Crippen LogP contribution in [0.3, 0.4) is 0 Å². The first-order valence-corrected chi connectivity index (χ1v) is 12.5. The molecule has 2 aromatic carbocycles. The lowest BCUT2D eigenvalue weighted by Gasteiger charge is -2.16. The van der Waals surface area contributed by atoms with Crippen LogP contribution < -0.4 is 5.32 Å². The van der Waals surface area contributed by atoms with E-state index in [9.17, 15) is 4.79 Å². The molecule has 6 nitrogen and oxygen atoms in total. The fraction of sp³-hybridized carbons (Fsp3) is 0.292. The number of nitrogens with one attached hydrogen (secondary N) is 1. The van der Waals surface area contributed by atoms with E-state index in [1.807, 2.05) is 37.3 Å². The number of likely N-dealkylation sites (tertiary alicyclic amines) is 1. The molecule has 1 aliphatic heterocycles. The van der Waals surface area contributed by atoms with Crippen molar-refractivity contribution >= 4 is 40.0 Å². The average molecular weight is 465 g/mol. The topological polar surface area (TPSA) is 71.3 Å². The summed E-state index contributed by atoms with van der Waals surface area (Å²) >= 11 is 3.15. The van der Waals surface area contributed by atoms with Crippen LogP contribution in [0.25, 0.3) is 11.0 Å². The molecule has 2 aromatic heterocycles. The number of fused-ring (bicyclic) bond motifs is 1. The number of aryl methyl sites for hydroxylation is 1. The molecule has 0 spiro atoms. The number of amides is 1. The molecule has 1 atom stereocenters. The maximum absolute atomic E-state index is 13.2. The van der Waals surface area contributed by atoms with Gasteiger partial charge in [0, 0.05) is 42.4 Å². The van der Waals surface area contributed by atoms with Crippen molar-refractivity contribution in [3.63, 3.8) is 0 Å². The maximum atomic E-state index is 13.2. The summed E-state index contributed by atoms with van der Waals surface area (Å²) in [4.78, 5) is 15.6. The number of para-hydroxylation sites is 1. The third-order valence-electron chi connectivity index (χ3n) is 5.61. The molecule has 1 fully saturated rings. The molecule has 4 aromatic rings. The molecule has 0 bridgehead atoms. The number of benzene rings is 2. The highest BCUT2D eigenvalue weighted by atomic mass is 32.2. The molecule has 0 saturated carbocycles. The molecule has 1 saturated heterocycles. The number of aromatic nitrogens is 2. The van der Waals surface area contributed by atoms with E-state index in [2.05, 4.69) is 44.7 Å². The van der Waals surface area contributed by atoms with Crippen LogP contribution in [0.2, 0.25) is 0 Å². The van der Waals surface area contributed by atoms with Crippen molar-refractivity contribution < 1.29 is 9.21 Å². The molecular formula is C24H24N4O2S2. The van der Waals surface area contributed by atoms with Crippen molar-refractivity contribution in [3.8, 4) is 0 Å². The first-order valence-electron chi connectivity index (χ1n) is 10.7. The van der Waals surface area contributed by atoms with Crippen molar-refractivity contribution in [3.05, 3.63) is 76.5 Å². The number of hydrogen-bond acceptors (Lipinski definition) is 7. The molecule has 1 aliphatic rings. The molecule has 0 unspecified atom stereocenters. The Kier molecular flexibility index (Phi) is 6.25. The number of furan rings is 1. The highest BCUT2D eigenvalue weighted by molar-refractivity contribution is 8.00. The minimum Gasteiger partial charge on any atom is -0.451 e. The summed E-state index contributed by atoms with van der Waals surface area (Å²) in [5, 5.41) is 13.4. The van der Waals surface area contributed by atoms with E-state index in [4.69, 9.17) is 4.42 Å². The minimum atomic E-state index is -0.142. The van der Waals surface area contributed by atoms with Gasteiger partial charge in [0.1, 0.15) is 10.6 Å². The van der Waals surface area contributed by atoms with Crippen LogP contribution in [0.1, 0.15) is 33.1 Å². The van der Waals surface area contributed by atoms with E-state index in [-0.39, 0.29) is 11.9 Å². The van der Waals surface area contributed by atoms with Crippen molar-refractivity contribution in [2.45, 2.75) is 36.0 Å². The Morgan fingerprint density at radius 1 is 1.19 bits per heavy atom. The fourth-order valence-electron chi connectivity index (χ4n) is 4.08. The standard InChI is InChI=1S/C24H24N4O2S2/c1-16-26-27-24(32-16)31-15-20-19-9-5-6-10-21(19)30-22(20)23(29)25-18-11-12-28(14-18)13-17-7-3-2-4-8-17/h2-10,18H,11-15H2,1H3,(H,25,29)/t18-/m0/s1. The van der Waals surface area contributed by atoms with Gasteiger partial charge in [-0.1, -0.05) is 71.6 Å². The summed E-state index contributed by atoms with van der Waals surface area (Å²) in [5.74, 6) is 0.873. The van der Waals surface area contributed by atoms with Crippen molar-refractivity contribution in [1.29, 1.82) is 0 Å². The molecule has 32 heavy (non-hydrogen) atoms. The summed E-state index contributed by atoms with van der Waals surface area (Å²) in [6.07, 6.45) is 0.937. The summed E-state index contributed by atoms with van der Waals surface area (Å²) in [6.45, 7) is 4.66. The summed E-state index contributed by atoms with van der Waals surface area (Å²) < 4.78 is 6.91. The molecule has 1 amide bonds. The average Bonchev–Trinajstić information content (AvgIpc) is 3.52. The van der Waals surface area contributed by atoms with Crippen LogP contribution in [0.15, 0.2) is 63.4 Å². The zero-order valence-corrected chi connectivity index (χ0v) is 19.4. The van der Waals surface area contributed by atoms with Gasteiger partial charge in [-0.2, -0.15) is 0 Å². The van der Waals surface area contributed by atoms with Gasteiger partial charge in [0.2, 0.25) is 0 Å². The Balaban J connectivity index is 1.29. The maximum Gasteiger partial charge on any atom is 0.287 e. The monoisotopic (exact) mass is 464 g/mol. The number of carbonyl (C=O) groups is 1. The zero-order chi connectivity index (χ0) is 21.9. The third-order valence-corrected chi connectivity index (χ3v) is 7.61. The largest absolute Gasteiger partial charge is 0.451 e. The smallest absolute Gasteiger partial charge is 0.287 e. The molecule has 0 radical (unpaired) electrons. The fourth-order valence-corrected chi connectivity index (χ4v) is 5.93. The Bertz CT molecular complexity index is 1220. The SMILES string of the molecule is Cc1nnc(SCc2c(C(=O)N[C@H]3CCN(Cc4ccccc4)C3)oc3ccccc23)s1. The van der Waals surface area contributed by atoms with E-state index < -0.39 is 0 Å². The van der Waals surface area contributed by atoms with Gasteiger partial charge < -0.3 is 9.73 Å². The number of thioether (sulfide) groups is 1. The quantitative estimate of drug-likeness (QED) is 0.393. The van der Waals surface area contributed by atoms with E-state index in [1.165, 1.54) is 5.56 Å². The van der Waals surface area contributed by atoms with Gasteiger partial charge >= 0.3 is 0 Å². The zero-order valence-electron chi connectivity index (χ0n) is 17.8. The van der Waals surface area contributed by atoms with Gasteiger partial charge in [-0.3, -0.25) is 9.69 Å². The second-order valence-electron chi connectivity index (χ2n) is 7.96. The Morgan fingerprint density at radius 3 is 2.81 bits per heavy atom. The lowest BCUT2D eigenvalue weighted by molar-refractivity contribution is 0.0911. The lowest BCUT2D eigenvalue weighted by Crippen LogP contribution is -2.37. The first-order chi connectivity index (χ1) is 15.7. The number of rotatable bonds is 7. The minimum absolute atomic E-state index is 0.116. The molecule has 5 rings (SSSR count). The number of carbonyl (C=O) groups excluding carboxylic acids is 1. The van der Waals surface area contributed by atoms with Gasteiger partial charge in [-0.05, 0) is 25.0 Å². The second-order valence-corrected chi connectivity index (χ2v) is 10.4. The Morgan fingerprint density at radius 2 is 2.00 bits per heavy atom. The Labute approximate surface area is 195 Å². The van der Waals surface area contributed by atoms with Crippen molar-refractivity contribution in [2.24, 2.45) is 0 Å². The summed E-state index contributed by atoms with van der Waals surface area (Å²) in [6, 6.07) is 18.4. The van der Waals surface area contributed by atoms with E-state index >= 15 is 0 Å². The van der Waals surface area contributed by atoms with Gasteiger partial charge in [0.25, 0.3) is 5.91 Å². The lowest BCUT2D eigenvalue weighted by atomic mass is 10.1. The van der Waals surface area contributed by atoms with Crippen LogP contribution in [-0.2, 0) is 12.3 Å². The van der Waals surface area contributed by atoms with Crippen LogP contribution in [-0.4, -0.2) is 40.1 Å². The molecule has 8 heteroatoms. The van der Waals surface area contributed by atoms with Crippen molar-refractivity contribution in [2.75, 3.05) is 13.1 Å². The predicted molar refractivity (Wildman–Crippen MR) is 128 cm³/mol. The van der Waals surface area contributed by atoms with Gasteiger partial charge in [0.05, 0.1) is 0 Å². The second kappa shape index (κ2) is 9.44. The van der Waals surface area contributed by atoms with Gasteiger partial charge in [-0.25, -0.2) is 0 Å². The highest BCUT2D eigenvalue weighted by Gasteiger charge is 2.27. The first kappa shape index (κ1) is 21.2. The van der Waals surface area contributed by atoms with E-state index in [0.717, 1.165) is 51.9 Å². The van der Waals surface area contributed by atoms with Crippen LogP contribution >= 0.6 is 23.1 Å². The summed E-state index contributed by atoms with van der Waals surface area (Å²) in [7, 11) is 0. The highest BCUT2D eigenvalue weighted by Crippen LogP contribution is 2.33. The normalized spacial score (nSPS) is 16.6. The van der Waals surface area contributed by atoms with Gasteiger partial charge in [0.15, 0.2) is 10.1 Å². The van der Waals surface area contributed by atoms with Crippen molar-refractivity contribution in [1.82, 2.24) is 20.4 Å². The third kappa shape index (κ3) is 4.72. The molecule has 0 aliphatic carbocycles.